The van der Waals surface area contributed by atoms with E-state index < -0.39 is 0 Å². The second-order valence-corrected chi connectivity index (χ2v) is 1.70. The second kappa shape index (κ2) is 4.32. The highest BCUT2D eigenvalue weighted by molar-refractivity contribution is 14.1. The monoisotopic (exact) mass is 214 g/mol. The molecule has 3 nitrogen and oxygen atoms in total. The van der Waals surface area contributed by atoms with Crippen molar-refractivity contribution in [2.75, 3.05) is 11.1 Å². The first kappa shape index (κ1) is 7.16. The fourth-order valence-corrected chi connectivity index (χ4v) is 0.572. The lowest BCUT2D eigenvalue weighted by Crippen LogP contribution is -2.28. The minimum absolute atomic E-state index is 0.0863. The van der Waals surface area contributed by atoms with E-state index in [4.69, 9.17) is 5.73 Å². The topological polar surface area (TPSA) is 55.1 Å². The average Bonchev–Trinajstić information content (AvgIpc) is 1.68. The van der Waals surface area contributed by atoms with Crippen molar-refractivity contribution < 1.29 is 4.79 Å². The molecule has 0 atom stereocenters. The Morgan fingerprint density at radius 3 is 2.57 bits per heavy atom. The summed E-state index contributed by atoms with van der Waals surface area (Å²) in [7, 11) is 0. The first-order valence-electron chi connectivity index (χ1n) is 1.84. The van der Waals surface area contributed by atoms with Crippen LogP contribution in [0.4, 0.5) is 0 Å². The molecule has 3 N–H and O–H groups in total. The van der Waals surface area contributed by atoms with Crippen LogP contribution in [-0.4, -0.2) is 17.0 Å². The largest absolute Gasteiger partial charge is 0.346 e. The summed E-state index contributed by atoms with van der Waals surface area (Å²) in [5.41, 5.74) is 4.94. The SMILES string of the molecule is NCC(=O)NCI. The Morgan fingerprint density at radius 2 is 2.43 bits per heavy atom. The van der Waals surface area contributed by atoms with Crippen molar-refractivity contribution in [1.29, 1.82) is 0 Å². The van der Waals surface area contributed by atoms with Gasteiger partial charge >= 0.3 is 0 Å². The van der Waals surface area contributed by atoms with Gasteiger partial charge in [0.25, 0.3) is 0 Å². The van der Waals surface area contributed by atoms with Crippen molar-refractivity contribution in [1.82, 2.24) is 5.32 Å². The quantitative estimate of drug-likeness (QED) is 0.368. The van der Waals surface area contributed by atoms with Gasteiger partial charge in [-0.3, -0.25) is 4.79 Å². The molecule has 0 aromatic heterocycles. The van der Waals surface area contributed by atoms with Gasteiger partial charge < -0.3 is 11.1 Å². The molecule has 0 unspecified atom stereocenters. The Morgan fingerprint density at radius 1 is 1.86 bits per heavy atom. The number of hydrogen-bond acceptors (Lipinski definition) is 2. The number of rotatable bonds is 2. The molecular formula is C3H7IN2O. The molecule has 1 amide bonds. The van der Waals surface area contributed by atoms with E-state index in [9.17, 15) is 4.79 Å². The summed E-state index contributed by atoms with van der Waals surface area (Å²) in [6, 6.07) is 0. The fraction of sp³-hybridized carbons (Fsp3) is 0.667. The van der Waals surface area contributed by atoms with Gasteiger partial charge in [0.2, 0.25) is 5.91 Å². The number of amides is 1. The lowest BCUT2D eigenvalue weighted by Gasteiger charge is -1.92. The van der Waals surface area contributed by atoms with E-state index in [2.05, 4.69) is 5.32 Å². The third kappa shape index (κ3) is 4.00. The predicted molar refractivity (Wildman–Crippen MR) is 36.1 cm³/mol. The van der Waals surface area contributed by atoms with Crippen LogP contribution >= 0.6 is 22.6 Å². The standard InChI is InChI=1S/C3H7IN2O/c4-2-6-3(7)1-5/h1-2,5H2,(H,6,7). The Kier molecular flexibility index (Phi) is 4.42. The normalized spacial score (nSPS) is 8.29. The van der Waals surface area contributed by atoms with Gasteiger partial charge in [0, 0.05) is 0 Å². The van der Waals surface area contributed by atoms with Crippen LogP contribution in [0, 0.1) is 0 Å². The molecule has 0 saturated heterocycles. The summed E-state index contributed by atoms with van der Waals surface area (Å²) in [5.74, 6) is -0.102. The molecule has 0 radical (unpaired) electrons. The number of alkyl halides is 1. The Balaban J connectivity index is 3.00. The van der Waals surface area contributed by atoms with Gasteiger partial charge in [-0.15, -0.1) is 0 Å². The smallest absolute Gasteiger partial charge is 0.234 e. The molecular weight excluding hydrogens is 207 g/mol. The zero-order valence-electron chi connectivity index (χ0n) is 3.78. The molecule has 0 aromatic carbocycles. The zero-order chi connectivity index (χ0) is 5.70. The number of nitrogens with one attached hydrogen (secondary N) is 1. The van der Waals surface area contributed by atoms with Gasteiger partial charge in [-0.2, -0.15) is 0 Å². The van der Waals surface area contributed by atoms with Crippen LogP contribution in [0.25, 0.3) is 0 Å². The minimum Gasteiger partial charge on any atom is -0.346 e. The molecule has 0 fully saturated rings. The van der Waals surface area contributed by atoms with Crippen molar-refractivity contribution in [3.63, 3.8) is 0 Å². The number of hydrogen-bond donors (Lipinski definition) is 2. The summed E-state index contributed by atoms with van der Waals surface area (Å²) < 4.78 is 0.633. The zero-order valence-corrected chi connectivity index (χ0v) is 5.94. The van der Waals surface area contributed by atoms with Crippen molar-refractivity contribution in [2.45, 2.75) is 0 Å². The van der Waals surface area contributed by atoms with E-state index in [-0.39, 0.29) is 12.5 Å². The van der Waals surface area contributed by atoms with Gasteiger partial charge in [-0.25, -0.2) is 0 Å². The Bertz CT molecular complexity index is 66.0. The Hall–Kier alpha value is 0.160. The van der Waals surface area contributed by atoms with Crippen molar-refractivity contribution >= 4 is 28.5 Å². The molecule has 0 aliphatic rings. The highest BCUT2D eigenvalue weighted by Gasteiger charge is 1.89. The van der Waals surface area contributed by atoms with Gasteiger partial charge in [0.1, 0.15) is 0 Å². The van der Waals surface area contributed by atoms with E-state index in [1.807, 2.05) is 22.6 Å². The minimum atomic E-state index is -0.102. The van der Waals surface area contributed by atoms with E-state index in [1.165, 1.54) is 0 Å². The molecule has 0 saturated carbocycles. The fourth-order valence-electron chi connectivity index (χ4n) is 0.147. The van der Waals surface area contributed by atoms with E-state index in [1.54, 1.807) is 0 Å². The van der Waals surface area contributed by atoms with Gasteiger partial charge in [-0.1, -0.05) is 22.6 Å². The first-order valence-corrected chi connectivity index (χ1v) is 3.36. The molecule has 0 bridgehead atoms. The number of nitrogens with two attached hydrogens (primary N) is 1. The molecule has 0 spiro atoms. The van der Waals surface area contributed by atoms with Crippen LogP contribution in [0.2, 0.25) is 0 Å². The van der Waals surface area contributed by atoms with Gasteiger partial charge in [0.05, 0.1) is 11.1 Å². The van der Waals surface area contributed by atoms with E-state index in [0.29, 0.717) is 4.55 Å². The first-order chi connectivity index (χ1) is 3.31. The molecule has 42 valence electrons. The lowest BCUT2D eigenvalue weighted by atomic mass is 10.6. The summed E-state index contributed by atoms with van der Waals surface area (Å²) in [5, 5.41) is 2.52. The highest BCUT2D eigenvalue weighted by Crippen LogP contribution is 1.70. The van der Waals surface area contributed by atoms with E-state index in [0.717, 1.165) is 0 Å². The Labute approximate surface area is 55.8 Å². The lowest BCUT2D eigenvalue weighted by molar-refractivity contribution is -0.119. The molecule has 0 heterocycles. The maximum absolute atomic E-state index is 10.2. The molecule has 4 heteroatoms. The number of halogens is 1. The summed E-state index contributed by atoms with van der Waals surface area (Å²) in [4.78, 5) is 10.2. The van der Waals surface area contributed by atoms with Crippen LogP contribution in [-0.2, 0) is 4.79 Å². The molecule has 0 aliphatic carbocycles. The van der Waals surface area contributed by atoms with Crippen LogP contribution in [0.15, 0.2) is 0 Å². The van der Waals surface area contributed by atoms with Gasteiger partial charge in [-0.05, 0) is 0 Å². The van der Waals surface area contributed by atoms with Crippen LogP contribution in [0.1, 0.15) is 0 Å². The van der Waals surface area contributed by atoms with Crippen LogP contribution in [0.3, 0.4) is 0 Å². The van der Waals surface area contributed by atoms with Crippen LogP contribution in [0.5, 0.6) is 0 Å². The van der Waals surface area contributed by atoms with Crippen molar-refractivity contribution in [3.8, 4) is 0 Å². The maximum atomic E-state index is 10.2. The van der Waals surface area contributed by atoms with E-state index >= 15 is 0 Å². The summed E-state index contributed by atoms with van der Waals surface area (Å²) in [6.07, 6.45) is 0. The molecule has 0 rings (SSSR count). The summed E-state index contributed by atoms with van der Waals surface area (Å²) in [6.45, 7) is 0.0863. The number of carbonyl (C=O) groups is 1. The average molecular weight is 214 g/mol. The molecule has 0 aliphatic heterocycles. The summed E-state index contributed by atoms with van der Waals surface area (Å²) >= 11 is 2.04. The third-order valence-electron chi connectivity index (χ3n) is 0.449. The third-order valence-corrected chi connectivity index (χ3v) is 0.831. The second-order valence-electron chi connectivity index (χ2n) is 0.938. The maximum Gasteiger partial charge on any atom is 0.234 e. The number of carbonyl (C=O) groups excluding carboxylic acids is 1. The van der Waals surface area contributed by atoms with Crippen molar-refractivity contribution in [2.24, 2.45) is 5.73 Å². The molecule has 7 heavy (non-hydrogen) atoms. The van der Waals surface area contributed by atoms with Crippen molar-refractivity contribution in [3.05, 3.63) is 0 Å². The molecule has 0 aromatic rings. The van der Waals surface area contributed by atoms with Gasteiger partial charge in [0.15, 0.2) is 0 Å². The predicted octanol–water partition coefficient (Wildman–Crippen LogP) is -0.546. The highest BCUT2D eigenvalue weighted by atomic mass is 127. The van der Waals surface area contributed by atoms with Crippen LogP contribution < -0.4 is 11.1 Å².